The molecule has 0 heterocycles. The van der Waals surface area contributed by atoms with Crippen LogP contribution in [0.2, 0.25) is 0 Å². The second-order valence-corrected chi connectivity index (χ2v) is 2.22. The number of nitrogens with zero attached hydrogens (tertiary/aromatic N) is 1. The van der Waals surface area contributed by atoms with E-state index in [9.17, 15) is 0 Å². The minimum Gasteiger partial charge on any atom is -0.286 e. The lowest BCUT2D eigenvalue weighted by Gasteiger charge is -1.96. The molecule has 0 atom stereocenters. The molecule has 0 fully saturated rings. The van der Waals surface area contributed by atoms with Crippen LogP contribution < -0.4 is 5.32 Å². The number of rotatable bonds is 3. The lowest BCUT2D eigenvalue weighted by molar-refractivity contribution is 0.805. The van der Waals surface area contributed by atoms with E-state index < -0.39 is 0 Å². The molecule has 1 aliphatic rings. The third kappa shape index (κ3) is 1.92. The van der Waals surface area contributed by atoms with Crippen LogP contribution in [-0.4, -0.2) is 6.54 Å². The van der Waals surface area contributed by atoms with Crippen molar-refractivity contribution in [2.24, 2.45) is 0 Å². The van der Waals surface area contributed by atoms with E-state index in [4.69, 9.17) is 0 Å². The molecule has 1 rings (SSSR count). The lowest BCUT2D eigenvalue weighted by Crippen LogP contribution is -2.01. The Morgan fingerprint density at radius 1 is 1.78 bits per heavy atom. The summed E-state index contributed by atoms with van der Waals surface area (Å²) in [5.41, 5.74) is 1.27. The van der Waals surface area contributed by atoms with E-state index in [0.29, 0.717) is 0 Å². The van der Waals surface area contributed by atoms with Gasteiger partial charge in [0.2, 0.25) is 0 Å². The van der Waals surface area contributed by atoms with E-state index in [-0.39, 0.29) is 0 Å². The molecule has 0 spiro atoms. The van der Waals surface area contributed by atoms with Gasteiger partial charge in [0, 0.05) is 5.70 Å². The Kier molecular flexibility index (Phi) is 2.37. The summed E-state index contributed by atoms with van der Waals surface area (Å²) >= 11 is 0. The Balaban J connectivity index is 2.18. The molecule has 0 aliphatic heterocycles. The molecule has 0 aromatic carbocycles. The van der Waals surface area contributed by atoms with Gasteiger partial charge in [-0.3, -0.25) is 5.32 Å². The van der Waals surface area contributed by atoms with Crippen molar-refractivity contribution in [3.8, 4) is 0 Å². The third-order valence-electron chi connectivity index (χ3n) is 1.44. The van der Waals surface area contributed by atoms with E-state index in [1.165, 1.54) is 25.0 Å². The van der Waals surface area contributed by atoms with Crippen LogP contribution in [0.3, 0.4) is 0 Å². The molecule has 0 saturated carbocycles. The van der Waals surface area contributed by atoms with Gasteiger partial charge in [-0.1, -0.05) is 12.2 Å². The molecule has 9 heavy (non-hydrogen) atoms. The summed E-state index contributed by atoms with van der Waals surface area (Å²) in [6.07, 6.45) is 7.72. The first-order chi connectivity index (χ1) is 4.43. The molecule has 0 saturated heterocycles. The molecule has 0 bridgehead atoms. The van der Waals surface area contributed by atoms with Gasteiger partial charge < -0.3 is 0 Å². The van der Waals surface area contributed by atoms with Crippen LogP contribution in [0.25, 0.3) is 0 Å². The first-order valence-electron chi connectivity index (χ1n) is 3.41. The average molecular weight is 122 g/mol. The van der Waals surface area contributed by atoms with E-state index in [2.05, 4.69) is 18.0 Å². The van der Waals surface area contributed by atoms with Gasteiger partial charge in [0.25, 0.3) is 0 Å². The van der Waals surface area contributed by atoms with E-state index >= 15 is 0 Å². The van der Waals surface area contributed by atoms with Crippen molar-refractivity contribution >= 4 is 0 Å². The Hall–Kier alpha value is -0.720. The molecule has 1 heteroatoms. The highest BCUT2D eigenvalue weighted by atomic mass is 14.9. The lowest BCUT2D eigenvalue weighted by atomic mass is 10.3. The Morgan fingerprint density at radius 2 is 2.67 bits per heavy atom. The monoisotopic (exact) mass is 122 g/mol. The van der Waals surface area contributed by atoms with Gasteiger partial charge in [-0.2, -0.15) is 0 Å². The van der Waals surface area contributed by atoms with Crippen LogP contribution in [-0.2, 0) is 0 Å². The van der Waals surface area contributed by atoms with Crippen molar-refractivity contribution in [2.45, 2.75) is 19.3 Å². The van der Waals surface area contributed by atoms with Crippen molar-refractivity contribution in [3.05, 3.63) is 24.4 Å². The highest BCUT2D eigenvalue weighted by Crippen LogP contribution is 2.14. The molecule has 0 amide bonds. The zero-order valence-corrected chi connectivity index (χ0v) is 5.64. The highest BCUT2D eigenvalue weighted by molar-refractivity contribution is 5.05. The molecule has 0 aromatic rings. The summed E-state index contributed by atoms with van der Waals surface area (Å²) in [5.74, 6) is 0. The van der Waals surface area contributed by atoms with Crippen molar-refractivity contribution < 1.29 is 0 Å². The van der Waals surface area contributed by atoms with Gasteiger partial charge in [-0.05, 0) is 19.3 Å². The summed E-state index contributed by atoms with van der Waals surface area (Å²) in [7, 11) is 0. The molecule has 1 nitrogen and oxygen atoms in total. The molecule has 0 unspecified atom stereocenters. The van der Waals surface area contributed by atoms with Gasteiger partial charge in [0.05, 0.1) is 6.54 Å². The van der Waals surface area contributed by atoms with E-state index in [0.717, 1.165) is 6.54 Å². The van der Waals surface area contributed by atoms with Crippen molar-refractivity contribution in [2.75, 3.05) is 6.54 Å². The third-order valence-corrected chi connectivity index (χ3v) is 1.44. The van der Waals surface area contributed by atoms with Gasteiger partial charge in [-0.25, -0.2) is 0 Å². The Labute approximate surface area is 56.5 Å². The smallest absolute Gasteiger partial charge is 0.0570 e. The second kappa shape index (κ2) is 3.33. The highest BCUT2D eigenvalue weighted by Gasteiger charge is 2.02. The van der Waals surface area contributed by atoms with Crippen molar-refractivity contribution in [1.82, 2.24) is 5.32 Å². The van der Waals surface area contributed by atoms with Gasteiger partial charge in [0.1, 0.15) is 0 Å². The molecule has 0 aromatic heterocycles. The molecule has 1 aliphatic carbocycles. The first kappa shape index (κ1) is 6.40. The molecular formula is C8H12N. The topological polar surface area (TPSA) is 14.1 Å². The van der Waals surface area contributed by atoms with Gasteiger partial charge >= 0.3 is 0 Å². The van der Waals surface area contributed by atoms with Crippen LogP contribution in [0.1, 0.15) is 19.3 Å². The quantitative estimate of drug-likeness (QED) is 0.507. The first-order valence-corrected chi connectivity index (χ1v) is 3.41. The molecule has 1 radical (unpaired) electrons. The summed E-state index contributed by atoms with van der Waals surface area (Å²) in [4.78, 5) is 0. The van der Waals surface area contributed by atoms with Crippen LogP contribution in [0.15, 0.2) is 24.4 Å². The van der Waals surface area contributed by atoms with Gasteiger partial charge in [-0.15, -0.1) is 6.58 Å². The fourth-order valence-electron chi connectivity index (χ4n) is 0.979. The number of hydrogen-bond donors (Lipinski definition) is 0. The van der Waals surface area contributed by atoms with Crippen molar-refractivity contribution in [1.29, 1.82) is 0 Å². The van der Waals surface area contributed by atoms with Gasteiger partial charge in [0.15, 0.2) is 0 Å². The van der Waals surface area contributed by atoms with Crippen LogP contribution >= 0.6 is 0 Å². The summed E-state index contributed by atoms with van der Waals surface area (Å²) in [6, 6.07) is 0. The Morgan fingerprint density at radius 3 is 3.22 bits per heavy atom. The SMILES string of the molecule is C=CC[N]C1=CCCC1. The second-order valence-electron chi connectivity index (χ2n) is 2.22. The van der Waals surface area contributed by atoms with E-state index in [1.807, 2.05) is 6.08 Å². The van der Waals surface area contributed by atoms with Crippen LogP contribution in [0.5, 0.6) is 0 Å². The van der Waals surface area contributed by atoms with Crippen LogP contribution in [0.4, 0.5) is 0 Å². The minimum atomic E-state index is 0.784. The van der Waals surface area contributed by atoms with Crippen LogP contribution in [0, 0.1) is 0 Å². The fraction of sp³-hybridized carbons (Fsp3) is 0.500. The minimum absolute atomic E-state index is 0.784. The molecule has 0 N–H and O–H groups in total. The van der Waals surface area contributed by atoms with E-state index in [1.54, 1.807) is 0 Å². The molecule has 49 valence electrons. The maximum atomic E-state index is 4.28. The maximum absolute atomic E-state index is 4.28. The standard InChI is InChI=1S/C8H12N/c1-2-7-9-8-5-3-4-6-8/h2,5H,1,3-4,6-7H2. The number of allylic oxidation sites excluding steroid dienone is 2. The normalized spacial score (nSPS) is 17.1. The maximum Gasteiger partial charge on any atom is 0.0570 e. The van der Waals surface area contributed by atoms with Crippen molar-refractivity contribution in [3.63, 3.8) is 0 Å². The molecular weight excluding hydrogens is 110 g/mol. The Bertz CT molecular complexity index is 125. The largest absolute Gasteiger partial charge is 0.286 e. The predicted octanol–water partition coefficient (Wildman–Crippen LogP) is 1.84. The fourth-order valence-corrected chi connectivity index (χ4v) is 0.979. The number of hydrogen-bond acceptors (Lipinski definition) is 0. The summed E-state index contributed by atoms with van der Waals surface area (Å²) < 4.78 is 0. The predicted molar refractivity (Wildman–Crippen MR) is 39.1 cm³/mol. The summed E-state index contributed by atoms with van der Waals surface area (Å²) in [5, 5.41) is 4.28. The zero-order chi connectivity index (χ0) is 6.53. The zero-order valence-electron chi connectivity index (χ0n) is 5.64. The average Bonchev–Trinajstić information content (AvgIpc) is 2.34. The summed E-state index contributed by atoms with van der Waals surface area (Å²) in [6.45, 7) is 4.38.